The van der Waals surface area contributed by atoms with E-state index in [-0.39, 0.29) is 0 Å². The summed E-state index contributed by atoms with van der Waals surface area (Å²) in [7, 11) is 2.17. The van der Waals surface area contributed by atoms with E-state index in [0.29, 0.717) is 6.04 Å². The molecule has 10 heavy (non-hydrogen) atoms. The van der Waals surface area contributed by atoms with Crippen molar-refractivity contribution in [3.8, 4) is 0 Å². The zero-order valence-electron chi connectivity index (χ0n) is 7.01. The molecule has 0 unspecified atom stereocenters. The molecule has 0 radical (unpaired) electrons. The molecule has 2 N–H and O–H groups in total. The number of likely N-dealkylation sites (tertiary alicyclic amines) is 1. The van der Waals surface area contributed by atoms with Crippen molar-refractivity contribution in [2.24, 2.45) is 11.7 Å². The van der Waals surface area contributed by atoms with Gasteiger partial charge in [0.25, 0.3) is 0 Å². The van der Waals surface area contributed by atoms with E-state index in [2.05, 4.69) is 18.9 Å². The Morgan fingerprint density at radius 1 is 1.60 bits per heavy atom. The van der Waals surface area contributed by atoms with E-state index in [1.54, 1.807) is 0 Å². The average Bonchev–Trinajstić information content (AvgIpc) is 1.94. The summed E-state index contributed by atoms with van der Waals surface area (Å²) in [4.78, 5) is 2.38. The molecule has 1 fully saturated rings. The number of nitrogens with two attached hydrogens (primary N) is 1. The lowest BCUT2D eigenvalue weighted by atomic mass is 9.93. The summed E-state index contributed by atoms with van der Waals surface area (Å²) >= 11 is 0. The van der Waals surface area contributed by atoms with E-state index in [1.165, 1.54) is 19.4 Å². The van der Waals surface area contributed by atoms with E-state index < -0.39 is 0 Å². The summed E-state index contributed by atoms with van der Waals surface area (Å²) in [6, 6.07) is 0.642. The van der Waals surface area contributed by atoms with E-state index in [4.69, 9.17) is 5.73 Å². The molecule has 2 heteroatoms. The molecule has 1 rings (SSSR count). The fourth-order valence-electron chi connectivity index (χ4n) is 1.65. The number of rotatable bonds is 1. The van der Waals surface area contributed by atoms with Crippen LogP contribution >= 0.6 is 0 Å². The highest BCUT2D eigenvalue weighted by Gasteiger charge is 2.21. The van der Waals surface area contributed by atoms with E-state index in [9.17, 15) is 0 Å². The van der Waals surface area contributed by atoms with Gasteiger partial charge in [-0.3, -0.25) is 0 Å². The van der Waals surface area contributed by atoms with Gasteiger partial charge in [-0.2, -0.15) is 0 Å². The number of likely N-dealkylation sites (N-methyl/N-ethyl adjacent to an activating group) is 1. The van der Waals surface area contributed by atoms with Crippen molar-refractivity contribution in [2.75, 3.05) is 20.1 Å². The van der Waals surface area contributed by atoms with Crippen LogP contribution in [0.2, 0.25) is 0 Å². The van der Waals surface area contributed by atoms with Crippen molar-refractivity contribution in [1.29, 1.82) is 0 Å². The van der Waals surface area contributed by atoms with Crippen LogP contribution in [0.1, 0.15) is 19.8 Å². The van der Waals surface area contributed by atoms with Gasteiger partial charge in [0.2, 0.25) is 0 Å². The summed E-state index contributed by atoms with van der Waals surface area (Å²) < 4.78 is 0. The van der Waals surface area contributed by atoms with Crippen LogP contribution in [-0.4, -0.2) is 31.1 Å². The van der Waals surface area contributed by atoms with Crippen molar-refractivity contribution < 1.29 is 0 Å². The Balaban J connectivity index is 2.38. The molecule has 0 aromatic rings. The quantitative estimate of drug-likeness (QED) is 0.583. The van der Waals surface area contributed by atoms with Gasteiger partial charge in [-0.05, 0) is 32.4 Å². The maximum atomic E-state index is 5.61. The Hall–Kier alpha value is -0.0800. The Morgan fingerprint density at radius 2 is 2.30 bits per heavy atom. The Kier molecular flexibility index (Phi) is 2.69. The topological polar surface area (TPSA) is 29.3 Å². The molecule has 60 valence electrons. The minimum Gasteiger partial charge on any atom is -0.329 e. The molecule has 0 amide bonds. The second-order valence-electron chi connectivity index (χ2n) is 3.50. The molecule has 2 nitrogen and oxygen atoms in total. The van der Waals surface area contributed by atoms with Crippen LogP contribution in [0.15, 0.2) is 0 Å². The predicted molar refractivity (Wildman–Crippen MR) is 43.9 cm³/mol. The van der Waals surface area contributed by atoms with Gasteiger partial charge in [0, 0.05) is 12.6 Å². The van der Waals surface area contributed by atoms with Gasteiger partial charge in [-0.25, -0.2) is 0 Å². The minimum atomic E-state index is 0.642. The Labute approximate surface area is 63.4 Å². The lowest BCUT2D eigenvalue weighted by Crippen LogP contribution is -2.43. The van der Waals surface area contributed by atoms with E-state index in [1.807, 2.05) is 0 Å². The molecular weight excluding hydrogens is 124 g/mol. The van der Waals surface area contributed by atoms with Gasteiger partial charge >= 0.3 is 0 Å². The maximum Gasteiger partial charge on any atom is 0.0217 e. The van der Waals surface area contributed by atoms with Gasteiger partial charge in [0.05, 0.1) is 0 Å². The third kappa shape index (κ3) is 1.70. The van der Waals surface area contributed by atoms with Crippen molar-refractivity contribution in [3.63, 3.8) is 0 Å². The molecule has 1 heterocycles. The van der Waals surface area contributed by atoms with Crippen LogP contribution in [0.3, 0.4) is 0 Å². The molecule has 0 aromatic heterocycles. The summed E-state index contributed by atoms with van der Waals surface area (Å²) in [6.07, 6.45) is 2.62. The van der Waals surface area contributed by atoms with Gasteiger partial charge < -0.3 is 10.6 Å². The largest absolute Gasteiger partial charge is 0.329 e. The second-order valence-corrected chi connectivity index (χ2v) is 3.50. The standard InChI is InChI=1S/C8H18N2/c1-7-3-4-10(2)8(5-7)6-9/h7-8H,3-6,9H2,1-2H3/t7-,8+/m0/s1. The number of hydrogen-bond donors (Lipinski definition) is 1. The van der Waals surface area contributed by atoms with Crippen LogP contribution in [-0.2, 0) is 0 Å². The lowest BCUT2D eigenvalue weighted by molar-refractivity contribution is 0.154. The molecule has 1 saturated heterocycles. The fraction of sp³-hybridized carbons (Fsp3) is 1.00. The van der Waals surface area contributed by atoms with Crippen LogP contribution in [0, 0.1) is 5.92 Å². The highest BCUT2D eigenvalue weighted by molar-refractivity contribution is 4.77. The zero-order chi connectivity index (χ0) is 7.56. The molecular formula is C8H18N2. The second kappa shape index (κ2) is 3.35. The maximum absolute atomic E-state index is 5.61. The highest BCUT2D eigenvalue weighted by atomic mass is 15.1. The third-order valence-corrected chi connectivity index (χ3v) is 2.54. The molecule has 0 spiro atoms. The normalized spacial score (nSPS) is 36.3. The summed E-state index contributed by atoms with van der Waals surface area (Å²) in [5.41, 5.74) is 5.61. The fourth-order valence-corrected chi connectivity index (χ4v) is 1.65. The van der Waals surface area contributed by atoms with E-state index in [0.717, 1.165) is 12.5 Å². The molecule has 0 bridgehead atoms. The average molecular weight is 142 g/mol. The van der Waals surface area contributed by atoms with Gasteiger partial charge in [-0.1, -0.05) is 6.92 Å². The van der Waals surface area contributed by atoms with Crippen molar-refractivity contribution >= 4 is 0 Å². The zero-order valence-corrected chi connectivity index (χ0v) is 7.01. The molecule has 0 saturated carbocycles. The molecule has 1 aliphatic heterocycles. The van der Waals surface area contributed by atoms with Crippen LogP contribution in [0.5, 0.6) is 0 Å². The van der Waals surface area contributed by atoms with Crippen molar-refractivity contribution in [3.05, 3.63) is 0 Å². The molecule has 0 aliphatic carbocycles. The number of piperidine rings is 1. The molecule has 1 aliphatic rings. The third-order valence-electron chi connectivity index (χ3n) is 2.54. The highest BCUT2D eigenvalue weighted by Crippen LogP contribution is 2.19. The SMILES string of the molecule is C[C@H]1CCN(C)[C@@H](CN)C1. The van der Waals surface area contributed by atoms with Gasteiger partial charge in [-0.15, -0.1) is 0 Å². The van der Waals surface area contributed by atoms with Crippen LogP contribution < -0.4 is 5.73 Å². The Bertz CT molecular complexity index is 103. The monoisotopic (exact) mass is 142 g/mol. The first kappa shape index (κ1) is 8.02. The molecule has 0 aromatic carbocycles. The number of nitrogens with zero attached hydrogens (tertiary/aromatic N) is 1. The smallest absolute Gasteiger partial charge is 0.0217 e. The lowest BCUT2D eigenvalue weighted by Gasteiger charge is -2.34. The van der Waals surface area contributed by atoms with Gasteiger partial charge in [0.1, 0.15) is 0 Å². The van der Waals surface area contributed by atoms with Gasteiger partial charge in [0.15, 0.2) is 0 Å². The molecule has 2 atom stereocenters. The van der Waals surface area contributed by atoms with E-state index >= 15 is 0 Å². The van der Waals surface area contributed by atoms with Crippen molar-refractivity contribution in [1.82, 2.24) is 4.90 Å². The van der Waals surface area contributed by atoms with Crippen LogP contribution in [0.4, 0.5) is 0 Å². The first-order valence-electron chi connectivity index (χ1n) is 4.14. The summed E-state index contributed by atoms with van der Waals surface area (Å²) in [5, 5.41) is 0. The van der Waals surface area contributed by atoms with Crippen LogP contribution in [0.25, 0.3) is 0 Å². The predicted octanol–water partition coefficient (Wildman–Crippen LogP) is 0.675. The first-order valence-corrected chi connectivity index (χ1v) is 4.14. The minimum absolute atomic E-state index is 0.642. The Morgan fingerprint density at radius 3 is 2.80 bits per heavy atom. The summed E-state index contributed by atoms with van der Waals surface area (Å²) in [5.74, 6) is 0.879. The number of hydrogen-bond acceptors (Lipinski definition) is 2. The van der Waals surface area contributed by atoms with Crippen molar-refractivity contribution in [2.45, 2.75) is 25.8 Å². The first-order chi connectivity index (χ1) is 4.74. The summed E-state index contributed by atoms with van der Waals surface area (Å²) in [6.45, 7) is 4.36.